The zero-order chi connectivity index (χ0) is 17.2. The molecule has 1 aromatic rings. The van der Waals surface area contributed by atoms with Crippen LogP contribution < -0.4 is 5.32 Å². The van der Waals surface area contributed by atoms with Gasteiger partial charge in [-0.05, 0) is 31.5 Å². The van der Waals surface area contributed by atoms with E-state index < -0.39 is 23.9 Å². The highest BCUT2D eigenvalue weighted by molar-refractivity contribution is 5.96. The van der Waals surface area contributed by atoms with Crippen molar-refractivity contribution in [3.8, 4) is 11.8 Å². The number of amides is 1. The molecule has 0 saturated heterocycles. The Morgan fingerprint density at radius 2 is 2.09 bits per heavy atom. The largest absolute Gasteiger partial charge is 0.481 e. The van der Waals surface area contributed by atoms with Crippen molar-refractivity contribution in [1.29, 1.82) is 0 Å². The fraction of sp³-hybridized carbons (Fsp3) is 0.353. The molecule has 1 rings (SSSR count). The highest BCUT2D eigenvalue weighted by Crippen LogP contribution is 2.05. The number of benzene rings is 1. The van der Waals surface area contributed by atoms with Crippen LogP contribution in [0.25, 0.3) is 0 Å². The lowest BCUT2D eigenvalue weighted by molar-refractivity contribution is -0.142. The lowest BCUT2D eigenvalue weighted by Crippen LogP contribution is -2.39. The Morgan fingerprint density at radius 1 is 1.35 bits per heavy atom. The molecule has 0 radical (unpaired) electrons. The zero-order valence-electron chi connectivity index (χ0n) is 13.1. The number of carbonyl (C=O) groups excluding carboxylic acids is 2. The van der Waals surface area contributed by atoms with E-state index in [1.165, 1.54) is 14.0 Å². The van der Waals surface area contributed by atoms with Gasteiger partial charge in [-0.1, -0.05) is 17.9 Å². The number of unbranched alkanes of at least 4 members (excludes halogenated alkanes) is 1. The highest BCUT2D eigenvalue weighted by atomic mass is 16.5. The molecule has 0 aliphatic heterocycles. The molecular formula is C17H19NO5. The Morgan fingerprint density at radius 3 is 2.74 bits per heavy atom. The molecule has 0 spiro atoms. The summed E-state index contributed by atoms with van der Waals surface area (Å²) in [6.45, 7) is 1.54. The number of carboxylic acid groups (broad SMARTS) is 1. The molecule has 1 amide bonds. The first-order valence-corrected chi connectivity index (χ1v) is 7.13. The summed E-state index contributed by atoms with van der Waals surface area (Å²) in [5.74, 6) is 4.00. The number of ether oxygens (including phenoxy) is 1. The van der Waals surface area contributed by atoms with Crippen LogP contribution in [0.1, 0.15) is 42.1 Å². The monoisotopic (exact) mass is 317 g/mol. The van der Waals surface area contributed by atoms with E-state index in [0.29, 0.717) is 24.0 Å². The van der Waals surface area contributed by atoms with Crippen LogP contribution in [0, 0.1) is 11.8 Å². The molecule has 1 unspecified atom stereocenters. The number of carboxylic acids is 1. The van der Waals surface area contributed by atoms with E-state index in [1.807, 2.05) is 0 Å². The minimum atomic E-state index is -0.842. The van der Waals surface area contributed by atoms with Crippen LogP contribution in [0.4, 0.5) is 0 Å². The summed E-state index contributed by atoms with van der Waals surface area (Å²) < 4.78 is 4.55. The van der Waals surface area contributed by atoms with Crippen LogP contribution in [-0.2, 0) is 14.3 Å². The maximum Gasteiger partial charge on any atom is 0.328 e. The lowest BCUT2D eigenvalue weighted by atomic mass is 10.1. The van der Waals surface area contributed by atoms with Gasteiger partial charge in [0.05, 0.1) is 7.11 Å². The van der Waals surface area contributed by atoms with Crippen molar-refractivity contribution in [2.24, 2.45) is 0 Å². The molecule has 23 heavy (non-hydrogen) atoms. The molecule has 122 valence electrons. The molecule has 2 N–H and O–H groups in total. The van der Waals surface area contributed by atoms with Crippen molar-refractivity contribution >= 4 is 17.8 Å². The SMILES string of the molecule is COC(=O)C(C)NC(=O)c1cccc(C#CCCCC(=O)O)c1. The fourth-order valence-corrected chi connectivity index (χ4v) is 1.75. The summed E-state index contributed by atoms with van der Waals surface area (Å²) in [7, 11) is 1.26. The van der Waals surface area contributed by atoms with E-state index in [4.69, 9.17) is 5.11 Å². The molecule has 0 bridgehead atoms. The average molecular weight is 317 g/mol. The second-order valence-electron chi connectivity index (χ2n) is 4.85. The number of hydrogen-bond acceptors (Lipinski definition) is 4. The second kappa shape index (κ2) is 9.26. The van der Waals surface area contributed by atoms with Crippen molar-refractivity contribution in [1.82, 2.24) is 5.32 Å². The molecule has 6 nitrogen and oxygen atoms in total. The third kappa shape index (κ3) is 6.66. The fourth-order valence-electron chi connectivity index (χ4n) is 1.75. The molecule has 0 aliphatic rings. The minimum Gasteiger partial charge on any atom is -0.481 e. The van der Waals surface area contributed by atoms with Gasteiger partial charge in [-0.3, -0.25) is 9.59 Å². The van der Waals surface area contributed by atoms with Crippen molar-refractivity contribution in [3.63, 3.8) is 0 Å². The third-order valence-electron chi connectivity index (χ3n) is 2.95. The first-order chi connectivity index (χ1) is 10.9. The Bertz CT molecular complexity index is 642. The molecule has 6 heteroatoms. The smallest absolute Gasteiger partial charge is 0.328 e. The van der Waals surface area contributed by atoms with Crippen LogP contribution in [0.15, 0.2) is 24.3 Å². The highest BCUT2D eigenvalue weighted by Gasteiger charge is 2.16. The molecule has 0 fully saturated rings. The van der Waals surface area contributed by atoms with Gasteiger partial charge in [0.15, 0.2) is 0 Å². The molecule has 1 atom stereocenters. The normalized spacial score (nSPS) is 10.9. The Labute approximate surface area is 134 Å². The van der Waals surface area contributed by atoms with Gasteiger partial charge in [0.25, 0.3) is 5.91 Å². The standard InChI is InChI=1S/C17H19NO5/c1-12(17(22)23-2)18-16(21)14-9-6-8-13(11-14)7-4-3-5-10-15(19)20/h6,8-9,11-12H,3,5,10H2,1-2H3,(H,18,21)(H,19,20). The van der Waals surface area contributed by atoms with Gasteiger partial charge in [-0.2, -0.15) is 0 Å². The number of nitrogens with one attached hydrogen (secondary N) is 1. The maximum absolute atomic E-state index is 12.0. The molecule has 0 heterocycles. The first-order valence-electron chi connectivity index (χ1n) is 7.13. The van der Waals surface area contributed by atoms with E-state index in [-0.39, 0.29) is 6.42 Å². The summed E-state index contributed by atoms with van der Waals surface area (Å²) in [6, 6.07) is 5.94. The predicted molar refractivity (Wildman–Crippen MR) is 83.8 cm³/mol. The molecule has 0 aromatic heterocycles. The van der Waals surface area contributed by atoms with Crippen LogP contribution in [0.5, 0.6) is 0 Å². The van der Waals surface area contributed by atoms with Gasteiger partial charge in [-0.15, -0.1) is 0 Å². The Balaban J connectivity index is 2.66. The maximum atomic E-state index is 12.0. The van der Waals surface area contributed by atoms with E-state index >= 15 is 0 Å². The number of esters is 1. The summed E-state index contributed by atoms with van der Waals surface area (Å²) >= 11 is 0. The van der Waals surface area contributed by atoms with Gasteiger partial charge in [0.1, 0.15) is 6.04 Å². The zero-order valence-corrected chi connectivity index (χ0v) is 13.1. The third-order valence-corrected chi connectivity index (χ3v) is 2.95. The lowest BCUT2D eigenvalue weighted by Gasteiger charge is -2.11. The van der Waals surface area contributed by atoms with Crippen LogP contribution >= 0.6 is 0 Å². The van der Waals surface area contributed by atoms with Crippen molar-refractivity contribution in [2.75, 3.05) is 7.11 Å². The number of carbonyl (C=O) groups is 3. The summed E-state index contributed by atoms with van der Waals surface area (Å²) in [5, 5.41) is 11.1. The van der Waals surface area contributed by atoms with Crippen molar-refractivity contribution in [2.45, 2.75) is 32.2 Å². The number of aliphatic carboxylic acids is 1. The quantitative estimate of drug-likeness (QED) is 0.472. The second-order valence-corrected chi connectivity index (χ2v) is 4.85. The summed E-state index contributed by atoms with van der Waals surface area (Å²) in [4.78, 5) is 33.7. The molecule has 0 saturated carbocycles. The van der Waals surface area contributed by atoms with Gasteiger partial charge in [0.2, 0.25) is 0 Å². The van der Waals surface area contributed by atoms with E-state index in [2.05, 4.69) is 21.9 Å². The van der Waals surface area contributed by atoms with Crippen molar-refractivity contribution < 1.29 is 24.2 Å². The minimum absolute atomic E-state index is 0.0859. The van der Waals surface area contributed by atoms with E-state index in [1.54, 1.807) is 24.3 Å². The van der Waals surface area contributed by atoms with Crippen LogP contribution in [0.2, 0.25) is 0 Å². The topological polar surface area (TPSA) is 92.7 Å². The number of hydrogen-bond donors (Lipinski definition) is 2. The van der Waals surface area contributed by atoms with Gasteiger partial charge in [0, 0.05) is 24.0 Å². The molecular weight excluding hydrogens is 298 g/mol. The Kier molecular flexibility index (Phi) is 7.34. The van der Waals surface area contributed by atoms with Crippen LogP contribution in [-0.4, -0.2) is 36.1 Å². The van der Waals surface area contributed by atoms with Crippen molar-refractivity contribution in [3.05, 3.63) is 35.4 Å². The molecule has 0 aliphatic carbocycles. The molecule has 1 aromatic carbocycles. The number of rotatable bonds is 6. The Hall–Kier alpha value is -2.81. The predicted octanol–water partition coefficient (Wildman–Crippen LogP) is 1.58. The van der Waals surface area contributed by atoms with Crippen LogP contribution in [0.3, 0.4) is 0 Å². The number of methoxy groups -OCH3 is 1. The van der Waals surface area contributed by atoms with Gasteiger partial charge >= 0.3 is 11.9 Å². The summed E-state index contributed by atoms with van der Waals surface area (Å²) in [5.41, 5.74) is 1.04. The average Bonchev–Trinajstić information content (AvgIpc) is 2.53. The summed E-state index contributed by atoms with van der Waals surface area (Å²) in [6.07, 6.45) is 1.05. The van der Waals surface area contributed by atoms with Gasteiger partial charge < -0.3 is 15.2 Å². The first kappa shape index (κ1) is 18.2. The van der Waals surface area contributed by atoms with E-state index in [0.717, 1.165) is 0 Å². The van der Waals surface area contributed by atoms with Gasteiger partial charge in [-0.25, -0.2) is 4.79 Å². The van der Waals surface area contributed by atoms with E-state index in [9.17, 15) is 14.4 Å².